The van der Waals surface area contributed by atoms with Gasteiger partial charge >= 0.3 is 0 Å². The van der Waals surface area contributed by atoms with Crippen molar-refractivity contribution < 1.29 is 4.79 Å². The van der Waals surface area contributed by atoms with E-state index < -0.39 is 0 Å². The number of primary amides is 1. The molecule has 3 heteroatoms. The van der Waals surface area contributed by atoms with Crippen molar-refractivity contribution in [2.24, 2.45) is 11.7 Å². The minimum atomic E-state index is -0.246. The lowest BCUT2D eigenvalue weighted by Gasteiger charge is -2.26. The Morgan fingerprint density at radius 1 is 1.22 bits per heavy atom. The van der Waals surface area contributed by atoms with Crippen LogP contribution >= 0.6 is 0 Å². The van der Waals surface area contributed by atoms with Crippen molar-refractivity contribution in [3.63, 3.8) is 0 Å². The van der Waals surface area contributed by atoms with E-state index in [0.717, 1.165) is 12.1 Å². The molecule has 0 aromatic heterocycles. The van der Waals surface area contributed by atoms with Crippen molar-refractivity contribution in [3.05, 3.63) is 30.3 Å². The fraction of sp³-hybridized carbons (Fsp3) is 0.533. The Kier molecular flexibility index (Phi) is 4.62. The maximum absolute atomic E-state index is 11.5. The number of carbonyl (C=O) groups is 1. The molecule has 1 aliphatic carbocycles. The molecule has 1 aliphatic rings. The molecule has 1 atom stereocenters. The van der Waals surface area contributed by atoms with Gasteiger partial charge in [0.1, 0.15) is 6.04 Å². The summed E-state index contributed by atoms with van der Waals surface area (Å²) >= 11 is 0. The molecule has 1 amide bonds. The first-order valence-corrected chi connectivity index (χ1v) is 6.86. The molecule has 0 spiro atoms. The van der Waals surface area contributed by atoms with Gasteiger partial charge in [0.15, 0.2) is 0 Å². The van der Waals surface area contributed by atoms with Gasteiger partial charge in [-0.2, -0.15) is 0 Å². The van der Waals surface area contributed by atoms with Crippen molar-refractivity contribution in [3.8, 4) is 0 Å². The SMILES string of the molecule is NC(=O)C(CC1CCCCC1)Nc1ccccc1. The van der Waals surface area contributed by atoms with Crippen molar-refractivity contribution in [2.45, 2.75) is 44.6 Å². The second-order valence-corrected chi connectivity index (χ2v) is 5.21. The molecule has 1 saturated carbocycles. The van der Waals surface area contributed by atoms with E-state index in [1.54, 1.807) is 0 Å². The van der Waals surface area contributed by atoms with E-state index in [1.165, 1.54) is 32.1 Å². The van der Waals surface area contributed by atoms with Crippen LogP contribution in [0.25, 0.3) is 0 Å². The van der Waals surface area contributed by atoms with Gasteiger partial charge in [0.05, 0.1) is 0 Å². The number of nitrogens with two attached hydrogens (primary N) is 1. The lowest BCUT2D eigenvalue weighted by Crippen LogP contribution is -2.37. The Hall–Kier alpha value is -1.51. The first-order valence-electron chi connectivity index (χ1n) is 6.86. The van der Waals surface area contributed by atoms with Crippen LogP contribution in [0.4, 0.5) is 5.69 Å². The topological polar surface area (TPSA) is 55.1 Å². The zero-order valence-corrected chi connectivity index (χ0v) is 10.8. The number of amides is 1. The van der Waals surface area contributed by atoms with Gasteiger partial charge in [-0.05, 0) is 24.5 Å². The summed E-state index contributed by atoms with van der Waals surface area (Å²) in [6.07, 6.45) is 7.26. The fourth-order valence-corrected chi connectivity index (χ4v) is 2.74. The summed E-state index contributed by atoms with van der Waals surface area (Å²) < 4.78 is 0. The lowest BCUT2D eigenvalue weighted by atomic mass is 9.84. The third kappa shape index (κ3) is 3.76. The molecule has 0 saturated heterocycles. The van der Waals surface area contributed by atoms with Crippen molar-refractivity contribution >= 4 is 11.6 Å². The molecule has 3 N–H and O–H groups in total. The quantitative estimate of drug-likeness (QED) is 0.839. The highest BCUT2D eigenvalue weighted by atomic mass is 16.1. The normalized spacial score (nSPS) is 18.2. The third-order valence-corrected chi connectivity index (χ3v) is 3.75. The number of benzene rings is 1. The number of rotatable bonds is 5. The van der Waals surface area contributed by atoms with Crippen LogP contribution < -0.4 is 11.1 Å². The largest absolute Gasteiger partial charge is 0.374 e. The molecule has 0 radical (unpaired) electrons. The maximum Gasteiger partial charge on any atom is 0.239 e. The van der Waals surface area contributed by atoms with Crippen LogP contribution in [0.2, 0.25) is 0 Å². The molecule has 3 nitrogen and oxygen atoms in total. The summed E-state index contributed by atoms with van der Waals surface area (Å²) in [4.78, 5) is 11.5. The lowest BCUT2D eigenvalue weighted by molar-refractivity contribution is -0.119. The van der Waals surface area contributed by atoms with Crippen LogP contribution in [0.15, 0.2) is 30.3 Å². The van der Waals surface area contributed by atoms with Gasteiger partial charge in [0.25, 0.3) is 0 Å². The second-order valence-electron chi connectivity index (χ2n) is 5.21. The molecule has 1 fully saturated rings. The van der Waals surface area contributed by atoms with E-state index in [1.807, 2.05) is 30.3 Å². The van der Waals surface area contributed by atoms with E-state index in [2.05, 4.69) is 5.32 Å². The number of hydrogen-bond acceptors (Lipinski definition) is 2. The number of carbonyl (C=O) groups excluding carboxylic acids is 1. The minimum absolute atomic E-state index is 0.240. The number of hydrogen-bond donors (Lipinski definition) is 2. The van der Waals surface area contributed by atoms with Crippen LogP contribution in [-0.4, -0.2) is 11.9 Å². The molecule has 2 rings (SSSR count). The monoisotopic (exact) mass is 246 g/mol. The van der Waals surface area contributed by atoms with E-state index in [0.29, 0.717) is 5.92 Å². The Balaban J connectivity index is 1.93. The molecule has 1 aromatic carbocycles. The van der Waals surface area contributed by atoms with Crippen LogP contribution in [0, 0.1) is 5.92 Å². The molecule has 0 heterocycles. The predicted molar refractivity (Wildman–Crippen MR) is 74.2 cm³/mol. The van der Waals surface area contributed by atoms with E-state index in [-0.39, 0.29) is 11.9 Å². The van der Waals surface area contributed by atoms with Crippen LogP contribution in [0.1, 0.15) is 38.5 Å². The minimum Gasteiger partial charge on any atom is -0.374 e. The zero-order chi connectivity index (χ0) is 12.8. The second kappa shape index (κ2) is 6.43. The summed E-state index contributed by atoms with van der Waals surface area (Å²) in [5, 5.41) is 3.25. The summed E-state index contributed by atoms with van der Waals surface area (Å²) in [6, 6.07) is 9.58. The van der Waals surface area contributed by atoms with Gasteiger partial charge in [-0.25, -0.2) is 0 Å². The van der Waals surface area contributed by atoms with E-state index in [4.69, 9.17) is 5.73 Å². The number of nitrogens with one attached hydrogen (secondary N) is 1. The Labute approximate surface area is 109 Å². The molecule has 98 valence electrons. The van der Waals surface area contributed by atoms with Crippen LogP contribution in [0.3, 0.4) is 0 Å². The van der Waals surface area contributed by atoms with Crippen molar-refractivity contribution in [1.29, 1.82) is 0 Å². The first-order chi connectivity index (χ1) is 8.75. The van der Waals surface area contributed by atoms with Crippen molar-refractivity contribution in [1.82, 2.24) is 0 Å². The smallest absolute Gasteiger partial charge is 0.239 e. The molecule has 0 aliphatic heterocycles. The summed E-state index contributed by atoms with van der Waals surface area (Å²) in [5.74, 6) is 0.400. The van der Waals surface area contributed by atoms with Gasteiger partial charge in [0, 0.05) is 5.69 Å². The predicted octanol–water partition coefficient (Wildman–Crippen LogP) is 2.92. The van der Waals surface area contributed by atoms with E-state index >= 15 is 0 Å². The zero-order valence-electron chi connectivity index (χ0n) is 10.8. The molecule has 1 aromatic rings. The van der Waals surface area contributed by atoms with Crippen molar-refractivity contribution in [2.75, 3.05) is 5.32 Å². The molecular weight excluding hydrogens is 224 g/mol. The molecular formula is C15H22N2O. The Morgan fingerprint density at radius 3 is 2.50 bits per heavy atom. The first kappa shape index (κ1) is 12.9. The highest BCUT2D eigenvalue weighted by Crippen LogP contribution is 2.28. The number of para-hydroxylation sites is 1. The molecule has 18 heavy (non-hydrogen) atoms. The summed E-state index contributed by atoms with van der Waals surface area (Å²) in [5.41, 5.74) is 6.47. The fourth-order valence-electron chi connectivity index (χ4n) is 2.74. The van der Waals surface area contributed by atoms with Crippen LogP contribution in [0.5, 0.6) is 0 Å². The Bertz CT molecular complexity index is 371. The summed E-state index contributed by atoms with van der Waals surface area (Å²) in [7, 11) is 0. The van der Waals surface area contributed by atoms with Gasteiger partial charge in [-0.3, -0.25) is 4.79 Å². The summed E-state index contributed by atoms with van der Waals surface area (Å²) in [6.45, 7) is 0. The molecule has 0 bridgehead atoms. The Morgan fingerprint density at radius 2 is 1.89 bits per heavy atom. The average Bonchev–Trinajstić information content (AvgIpc) is 2.40. The molecule has 1 unspecified atom stereocenters. The van der Waals surface area contributed by atoms with Crippen LogP contribution in [-0.2, 0) is 4.79 Å². The van der Waals surface area contributed by atoms with Gasteiger partial charge in [0.2, 0.25) is 5.91 Å². The highest BCUT2D eigenvalue weighted by Gasteiger charge is 2.22. The maximum atomic E-state index is 11.5. The average molecular weight is 246 g/mol. The standard InChI is InChI=1S/C15H22N2O/c16-15(18)14(11-12-7-3-1-4-8-12)17-13-9-5-2-6-10-13/h2,5-6,9-10,12,14,17H,1,3-4,7-8,11H2,(H2,16,18). The van der Waals surface area contributed by atoms with Gasteiger partial charge in [-0.15, -0.1) is 0 Å². The van der Waals surface area contributed by atoms with E-state index in [9.17, 15) is 4.79 Å². The third-order valence-electron chi connectivity index (χ3n) is 3.75. The van der Waals surface area contributed by atoms with Gasteiger partial charge < -0.3 is 11.1 Å². The highest BCUT2D eigenvalue weighted by molar-refractivity contribution is 5.82. The number of anilines is 1. The van der Waals surface area contributed by atoms with Gasteiger partial charge in [-0.1, -0.05) is 50.3 Å².